The molecule has 0 bridgehead atoms. The molecule has 8 nitrogen and oxygen atoms in total. The molecule has 3 aromatic carbocycles. The summed E-state index contributed by atoms with van der Waals surface area (Å²) >= 11 is 7.54. The number of hydrogen-bond acceptors (Lipinski definition) is 7. The molecule has 0 aliphatic carbocycles. The molecule has 1 aromatic heterocycles. The standard InChI is InChI=1S/C29H28ClN5O3S/c1-4-38-24-13-7-20(8-14-24)26-25(27(36)32-22-11-15-23(37-3)16-12-22)18(2)31-28-33-29(34-35(26)28)39-17-19-5-9-21(30)10-6-19/h5-16,26H,4,17H2,1-3H3,(H,32,36)(H,31,33,34)/t26-/m0/s1. The molecular formula is C29H28ClN5O3S. The van der Waals surface area contributed by atoms with Crippen molar-refractivity contribution in [3.63, 3.8) is 0 Å². The van der Waals surface area contributed by atoms with Gasteiger partial charge in [0.1, 0.15) is 17.5 Å². The summed E-state index contributed by atoms with van der Waals surface area (Å²) in [6.45, 7) is 4.39. The number of hydrogen-bond donors (Lipinski definition) is 2. The van der Waals surface area contributed by atoms with Gasteiger partial charge in [0, 0.05) is 22.2 Å². The summed E-state index contributed by atoms with van der Waals surface area (Å²) < 4.78 is 12.6. The highest BCUT2D eigenvalue weighted by Crippen LogP contribution is 2.37. The molecule has 1 amide bonds. The maximum absolute atomic E-state index is 13.7. The van der Waals surface area contributed by atoms with Crippen LogP contribution in [-0.4, -0.2) is 34.4 Å². The number of ether oxygens (including phenoxy) is 2. The third-order valence-electron chi connectivity index (χ3n) is 6.21. The molecule has 2 heterocycles. The van der Waals surface area contributed by atoms with Crippen molar-refractivity contribution in [2.24, 2.45) is 0 Å². The molecule has 1 aliphatic rings. The van der Waals surface area contributed by atoms with Crippen LogP contribution < -0.4 is 20.1 Å². The number of carbonyl (C=O) groups is 1. The monoisotopic (exact) mass is 561 g/mol. The maximum atomic E-state index is 13.7. The number of thioether (sulfide) groups is 1. The van der Waals surface area contributed by atoms with Crippen molar-refractivity contribution >= 4 is 40.9 Å². The Labute approximate surface area is 236 Å². The first kappa shape index (κ1) is 26.6. The van der Waals surface area contributed by atoms with Gasteiger partial charge < -0.3 is 20.1 Å². The van der Waals surface area contributed by atoms with Crippen molar-refractivity contribution in [2.75, 3.05) is 24.4 Å². The Morgan fingerprint density at radius 1 is 1.05 bits per heavy atom. The van der Waals surface area contributed by atoms with E-state index in [0.717, 1.165) is 16.9 Å². The van der Waals surface area contributed by atoms with Crippen molar-refractivity contribution in [1.82, 2.24) is 14.8 Å². The van der Waals surface area contributed by atoms with E-state index in [2.05, 4.69) is 10.6 Å². The first-order valence-electron chi connectivity index (χ1n) is 12.4. The number of halogens is 1. The Bertz CT molecular complexity index is 1490. The van der Waals surface area contributed by atoms with E-state index >= 15 is 0 Å². The van der Waals surface area contributed by atoms with Gasteiger partial charge in [0.25, 0.3) is 5.91 Å². The Morgan fingerprint density at radius 2 is 1.74 bits per heavy atom. The molecule has 1 aliphatic heterocycles. The fourth-order valence-corrected chi connectivity index (χ4v) is 5.22. The summed E-state index contributed by atoms with van der Waals surface area (Å²) in [6.07, 6.45) is 0. The molecule has 0 saturated heterocycles. The first-order valence-corrected chi connectivity index (χ1v) is 13.8. The van der Waals surface area contributed by atoms with Gasteiger partial charge in [-0.3, -0.25) is 4.79 Å². The predicted molar refractivity (Wildman–Crippen MR) is 155 cm³/mol. The molecule has 0 unspecified atom stereocenters. The van der Waals surface area contributed by atoms with Crippen LogP contribution in [0.3, 0.4) is 0 Å². The maximum Gasteiger partial charge on any atom is 0.255 e. The molecule has 2 N–H and O–H groups in total. The third kappa shape index (κ3) is 6.05. The van der Waals surface area contributed by atoms with Gasteiger partial charge in [-0.1, -0.05) is 47.6 Å². The summed E-state index contributed by atoms with van der Waals surface area (Å²) in [5.74, 6) is 2.50. The molecule has 4 aromatic rings. The van der Waals surface area contributed by atoms with Gasteiger partial charge in [0.2, 0.25) is 11.1 Å². The minimum absolute atomic E-state index is 0.236. The number of nitrogens with zero attached hydrogens (tertiary/aromatic N) is 3. The molecular weight excluding hydrogens is 534 g/mol. The fourth-order valence-electron chi connectivity index (χ4n) is 4.31. The van der Waals surface area contributed by atoms with E-state index in [0.29, 0.717) is 51.2 Å². The topological polar surface area (TPSA) is 90.3 Å². The zero-order valence-corrected chi connectivity index (χ0v) is 23.3. The highest BCUT2D eigenvalue weighted by molar-refractivity contribution is 7.98. The second kappa shape index (κ2) is 11.8. The second-order valence-electron chi connectivity index (χ2n) is 8.83. The average Bonchev–Trinajstić information content (AvgIpc) is 3.35. The van der Waals surface area contributed by atoms with E-state index in [-0.39, 0.29) is 5.91 Å². The normalized spacial score (nSPS) is 14.4. The fraction of sp³-hybridized carbons (Fsp3) is 0.207. The van der Waals surface area contributed by atoms with E-state index < -0.39 is 6.04 Å². The van der Waals surface area contributed by atoms with Crippen molar-refractivity contribution < 1.29 is 14.3 Å². The zero-order chi connectivity index (χ0) is 27.4. The largest absolute Gasteiger partial charge is 0.497 e. The SMILES string of the molecule is CCOc1ccc([C@H]2C(C(=O)Nc3ccc(OC)cc3)=C(C)Nc3nc(SCc4ccc(Cl)cc4)nn32)cc1. The third-order valence-corrected chi connectivity index (χ3v) is 7.37. The van der Waals surface area contributed by atoms with E-state index in [1.54, 1.807) is 36.1 Å². The number of amides is 1. The van der Waals surface area contributed by atoms with Crippen LogP contribution in [0.1, 0.15) is 31.0 Å². The van der Waals surface area contributed by atoms with Crippen LogP contribution in [0.4, 0.5) is 11.6 Å². The van der Waals surface area contributed by atoms with Crippen molar-refractivity contribution in [3.8, 4) is 11.5 Å². The van der Waals surface area contributed by atoms with Crippen LogP contribution in [0.2, 0.25) is 5.02 Å². The molecule has 0 fully saturated rings. The van der Waals surface area contributed by atoms with Gasteiger partial charge in [-0.05, 0) is 73.5 Å². The lowest BCUT2D eigenvalue weighted by Crippen LogP contribution is -2.31. The summed E-state index contributed by atoms with van der Waals surface area (Å²) in [4.78, 5) is 18.4. The number of anilines is 2. The van der Waals surface area contributed by atoms with Gasteiger partial charge in [-0.25, -0.2) is 4.68 Å². The zero-order valence-electron chi connectivity index (χ0n) is 21.8. The van der Waals surface area contributed by atoms with Crippen LogP contribution in [0.15, 0.2) is 89.2 Å². The highest BCUT2D eigenvalue weighted by atomic mass is 35.5. The number of benzene rings is 3. The van der Waals surface area contributed by atoms with Gasteiger partial charge >= 0.3 is 0 Å². The quantitative estimate of drug-likeness (QED) is 0.224. The minimum atomic E-state index is -0.493. The number of carbonyl (C=O) groups excluding carboxylic acids is 1. The summed E-state index contributed by atoms with van der Waals surface area (Å²) in [7, 11) is 1.61. The van der Waals surface area contributed by atoms with Gasteiger partial charge in [0.15, 0.2) is 0 Å². The van der Waals surface area contributed by atoms with Crippen LogP contribution >= 0.6 is 23.4 Å². The van der Waals surface area contributed by atoms with Crippen LogP contribution in [0.25, 0.3) is 0 Å². The van der Waals surface area contributed by atoms with Crippen LogP contribution in [0, 0.1) is 0 Å². The molecule has 39 heavy (non-hydrogen) atoms. The molecule has 1 atom stereocenters. The molecule has 200 valence electrons. The van der Waals surface area contributed by atoms with Crippen LogP contribution in [0.5, 0.6) is 11.5 Å². The Morgan fingerprint density at radius 3 is 2.41 bits per heavy atom. The van der Waals surface area contributed by atoms with E-state index in [1.807, 2.05) is 62.4 Å². The molecule has 0 spiro atoms. The number of methoxy groups -OCH3 is 1. The minimum Gasteiger partial charge on any atom is -0.497 e. The van der Waals surface area contributed by atoms with Gasteiger partial charge in [-0.15, -0.1) is 5.10 Å². The lowest BCUT2D eigenvalue weighted by molar-refractivity contribution is -0.113. The lowest BCUT2D eigenvalue weighted by atomic mass is 9.95. The summed E-state index contributed by atoms with van der Waals surface area (Å²) in [6, 6.07) is 22.2. The smallest absolute Gasteiger partial charge is 0.255 e. The molecule has 0 radical (unpaired) electrons. The van der Waals surface area contributed by atoms with Crippen molar-refractivity contribution in [2.45, 2.75) is 30.8 Å². The Balaban J connectivity index is 1.46. The van der Waals surface area contributed by atoms with E-state index in [4.69, 9.17) is 31.2 Å². The number of nitrogens with one attached hydrogen (secondary N) is 2. The van der Waals surface area contributed by atoms with E-state index in [1.165, 1.54) is 11.8 Å². The average molecular weight is 562 g/mol. The predicted octanol–water partition coefficient (Wildman–Crippen LogP) is 6.56. The Hall–Kier alpha value is -3.95. The van der Waals surface area contributed by atoms with Crippen LogP contribution in [-0.2, 0) is 10.5 Å². The van der Waals surface area contributed by atoms with Crippen molar-refractivity contribution in [3.05, 3.63) is 100 Å². The van der Waals surface area contributed by atoms with Gasteiger partial charge in [0.05, 0.1) is 19.3 Å². The first-order chi connectivity index (χ1) is 18.9. The molecule has 10 heteroatoms. The summed E-state index contributed by atoms with van der Waals surface area (Å²) in [5.41, 5.74) is 3.91. The number of aromatic nitrogens is 3. The number of rotatable bonds is 9. The molecule has 0 saturated carbocycles. The number of fused-ring (bicyclic) bond motifs is 1. The Kier molecular flexibility index (Phi) is 8.09. The van der Waals surface area contributed by atoms with Gasteiger partial charge in [-0.2, -0.15) is 4.98 Å². The second-order valence-corrected chi connectivity index (χ2v) is 10.2. The number of allylic oxidation sites excluding steroid dienone is 1. The van der Waals surface area contributed by atoms with Crippen molar-refractivity contribution in [1.29, 1.82) is 0 Å². The lowest BCUT2D eigenvalue weighted by Gasteiger charge is -2.28. The summed E-state index contributed by atoms with van der Waals surface area (Å²) in [5, 5.41) is 12.4. The molecule has 5 rings (SSSR count). The van der Waals surface area contributed by atoms with E-state index in [9.17, 15) is 4.79 Å². The highest BCUT2D eigenvalue weighted by Gasteiger charge is 2.34.